The van der Waals surface area contributed by atoms with Crippen LogP contribution in [0.5, 0.6) is 0 Å². The summed E-state index contributed by atoms with van der Waals surface area (Å²) in [5, 5.41) is 0. The van der Waals surface area contributed by atoms with E-state index in [-0.39, 0.29) is 6.04 Å². The van der Waals surface area contributed by atoms with Crippen LogP contribution >= 0.6 is 0 Å². The molecule has 2 unspecified atom stereocenters. The fourth-order valence-electron chi connectivity index (χ4n) is 2.05. The first kappa shape index (κ1) is 13.2. The second-order valence-corrected chi connectivity index (χ2v) is 5.01. The van der Waals surface area contributed by atoms with E-state index in [1.54, 1.807) is 0 Å². The van der Waals surface area contributed by atoms with E-state index in [1.165, 1.54) is 16.7 Å². The maximum atomic E-state index is 6.29. The molecule has 1 aromatic carbocycles. The summed E-state index contributed by atoms with van der Waals surface area (Å²) in [4.78, 5) is 0. The highest BCUT2D eigenvalue weighted by atomic mass is 14.7. The van der Waals surface area contributed by atoms with E-state index in [9.17, 15) is 0 Å². The SMILES string of the molecule is Cc1ccc(C(N)C(CN)C(C)C)cc1C. The van der Waals surface area contributed by atoms with Crippen LogP contribution in [0.3, 0.4) is 0 Å². The molecule has 0 aliphatic rings. The molecule has 0 heterocycles. The standard InChI is InChI=1S/C14H24N2/c1-9(2)13(8-15)14(16)12-6-5-10(3)11(4)7-12/h5-7,9,13-14H,8,15-16H2,1-4H3. The Hall–Kier alpha value is -0.860. The van der Waals surface area contributed by atoms with Crippen LogP contribution in [-0.4, -0.2) is 6.54 Å². The van der Waals surface area contributed by atoms with Gasteiger partial charge in [0.05, 0.1) is 0 Å². The van der Waals surface area contributed by atoms with Crippen molar-refractivity contribution in [2.45, 2.75) is 33.7 Å². The maximum Gasteiger partial charge on any atom is 0.0338 e. The Kier molecular flexibility index (Phi) is 4.51. The van der Waals surface area contributed by atoms with Crippen molar-refractivity contribution >= 4 is 0 Å². The van der Waals surface area contributed by atoms with Crippen molar-refractivity contribution in [2.24, 2.45) is 23.3 Å². The number of aryl methyl sites for hydroxylation is 2. The number of hydrogen-bond acceptors (Lipinski definition) is 2. The van der Waals surface area contributed by atoms with Crippen molar-refractivity contribution < 1.29 is 0 Å². The highest BCUT2D eigenvalue weighted by Crippen LogP contribution is 2.26. The van der Waals surface area contributed by atoms with E-state index in [0.717, 1.165) is 0 Å². The Morgan fingerprint density at radius 1 is 1.12 bits per heavy atom. The van der Waals surface area contributed by atoms with E-state index >= 15 is 0 Å². The molecular formula is C14H24N2. The fraction of sp³-hybridized carbons (Fsp3) is 0.571. The van der Waals surface area contributed by atoms with E-state index < -0.39 is 0 Å². The molecule has 0 aromatic heterocycles. The van der Waals surface area contributed by atoms with Gasteiger partial charge in [-0.3, -0.25) is 0 Å². The van der Waals surface area contributed by atoms with E-state index in [0.29, 0.717) is 18.4 Å². The van der Waals surface area contributed by atoms with Crippen LogP contribution in [-0.2, 0) is 0 Å². The molecule has 0 amide bonds. The van der Waals surface area contributed by atoms with Crippen LogP contribution in [0.25, 0.3) is 0 Å². The number of nitrogens with two attached hydrogens (primary N) is 2. The molecule has 0 bridgehead atoms. The van der Waals surface area contributed by atoms with Gasteiger partial charge < -0.3 is 11.5 Å². The van der Waals surface area contributed by atoms with Crippen LogP contribution in [0.4, 0.5) is 0 Å². The number of benzene rings is 1. The summed E-state index contributed by atoms with van der Waals surface area (Å²) in [6.07, 6.45) is 0. The summed E-state index contributed by atoms with van der Waals surface area (Å²) in [7, 11) is 0. The molecule has 0 radical (unpaired) electrons. The smallest absolute Gasteiger partial charge is 0.0338 e. The van der Waals surface area contributed by atoms with Crippen molar-refractivity contribution in [3.63, 3.8) is 0 Å². The second-order valence-electron chi connectivity index (χ2n) is 5.01. The molecule has 0 saturated carbocycles. The normalized spacial score (nSPS) is 15.2. The Morgan fingerprint density at radius 3 is 2.19 bits per heavy atom. The lowest BCUT2D eigenvalue weighted by Crippen LogP contribution is -2.31. The summed E-state index contributed by atoms with van der Waals surface area (Å²) in [5.41, 5.74) is 15.9. The molecule has 0 fully saturated rings. The zero-order valence-electron chi connectivity index (χ0n) is 10.8. The first-order valence-electron chi connectivity index (χ1n) is 6.00. The summed E-state index contributed by atoms with van der Waals surface area (Å²) >= 11 is 0. The minimum Gasteiger partial charge on any atom is -0.330 e. The van der Waals surface area contributed by atoms with Crippen molar-refractivity contribution in [1.82, 2.24) is 0 Å². The van der Waals surface area contributed by atoms with Gasteiger partial charge in [0.1, 0.15) is 0 Å². The summed E-state index contributed by atoms with van der Waals surface area (Å²) in [6.45, 7) is 9.24. The Morgan fingerprint density at radius 2 is 1.75 bits per heavy atom. The van der Waals surface area contributed by atoms with Crippen LogP contribution in [0.2, 0.25) is 0 Å². The molecule has 0 aliphatic carbocycles. The first-order chi connectivity index (χ1) is 7.47. The van der Waals surface area contributed by atoms with Gasteiger partial charge in [-0.1, -0.05) is 32.0 Å². The minimum atomic E-state index is 0.0456. The molecule has 2 atom stereocenters. The van der Waals surface area contributed by atoms with E-state index in [4.69, 9.17) is 11.5 Å². The number of rotatable bonds is 4. The monoisotopic (exact) mass is 220 g/mol. The lowest BCUT2D eigenvalue weighted by atomic mass is 9.84. The van der Waals surface area contributed by atoms with Crippen LogP contribution in [0, 0.1) is 25.7 Å². The first-order valence-corrected chi connectivity index (χ1v) is 6.00. The van der Waals surface area contributed by atoms with Crippen molar-refractivity contribution in [3.05, 3.63) is 34.9 Å². The molecule has 16 heavy (non-hydrogen) atoms. The van der Waals surface area contributed by atoms with Gasteiger partial charge in [-0.15, -0.1) is 0 Å². The summed E-state index contributed by atoms with van der Waals surface area (Å²) < 4.78 is 0. The maximum absolute atomic E-state index is 6.29. The molecule has 0 saturated heterocycles. The van der Waals surface area contributed by atoms with Gasteiger partial charge in [-0.2, -0.15) is 0 Å². The highest BCUT2D eigenvalue weighted by molar-refractivity contribution is 5.31. The zero-order chi connectivity index (χ0) is 12.3. The third-order valence-corrected chi connectivity index (χ3v) is 3.51. The molecule has 2 heteroatoms. The summed E-state index contributed by atoms with van der Waals surface area (Å²) in [5.74, 6) is 0.865. The molecular weight excluding hydrogens is 196 g/mol. The molecule has 1 aromatic rings. The third kappa shape index (κ3) is 2.83. The zero-order valence-corrected chi connectivity index (χ0v) is 10.8. The van der Waals surface area contributed by atoms with Crippen molar-refractivity contribution in [2.75, 3.05) is 6.54 Å². The van der Waals surface area contributed by atoms with Crippen LogP contribution < -0.4 is 11.5 Å². The average molecular weight is 220 g/mol. The Bertz CT molecular complexity index is 345. The van der Waals surface area contributed by atoms with Crippen LogP contribution in [0.1, 0.15) is 36.6 Å². The van der Waals surface area contributed by atoms with Crippen molar-refractivity contribution in [3.8, 4) is 0 Å². The lowest BCUT2D eigenvalue weighted by Gasteiger charge is -2.26. The minimum absolute atomic E-state index is 0.0456. The fourth-order valence-corrected chi connectivity index (χ4v) is 2.05. The third-order valence-electron chi connectivity index (χ3n) is 3.51. The van der Waals surface area contributed by atoms with E-state index in [2.05, 4.69) is 45.9 Å². The lowest BCUT2D eigenvalue weighted by molar-refractivity contribution is 0.331. The van der Waals surface area contributed by atoms with Crippen molar-refractivity contribution in [1.29, 1.82) is 0 Å². The molecule has 4 N–H and O–H groups in total. The predicted molar refractivity (Wildman–Crippen MR) is 70.2 cm³/mol. The van der Waals surface area contributed by atoms with Gasteiger partial charge in [-0.05, 0) is 48.9 Å². The van der Waals surface area contributed by atoms with Gasteiger partial charge in [0.25, 0.3) is 0 Å². The highest BCUT2D eigenvalue weighted by Gasteiger charge is 2.21. The predicted octanol–water partition coefficient (Wildman–Crippen LogP) is 2.53. The molecule has 0 aliphatic heterocycles. The molecule has 0 spiro atoms. The number of hydrogen-bond donors (Lipinski definition) is 2. The molecule has 1 rings (SSSR count). The van der Waals surface area contributed by atoms with E-state index in [1.807, 2.05) is 0 Å². The van der Waals surface area contributed by atoms with Gasteiger partial charge >= 0.3 is 0 Å². The summed E-state index contributed by atoms with van der Waals surface area (Å²) in [6, 6.07) is 6.49. The molecule has 90 valence electrons. The average Bonchev–Trinajstić information content (AvgIpc) is 2.22. The topological polar surface area (TPSA) is 52.0 Å². The van der Waals surface area contributed by atoms with Gasteiger partial charge in [0.15, 0.2) is 0 Å². The largest absolute Gasteiger partial charge is 0.330 e. The Balaban J connectivity index is 2.94. The van der Waals surface area contributed by atoms with Gasteiger partial charge in [0, 0.05) is 6.04 Å². The van der Waals surface area contributed by atoms with Gasteiger partial charge in [0.2, 0.25) is 0 Å². The second kappa shape index (κ2) is 5.46. The van der Waals surface area contributed by atoms with Gasteiger partial charge in [-0.25, -0.2) is 0 Å². The Labute approximate surface area is 99.0 Å². The quantitative estimate of drug-likeness (QED) is 0.819. The van der Waals surface area contributed by atoms with Crippen LogP contribution in [0.15, 0.2) is 18.2 Å². The molecule has 2 nitrogen and oxygen atoms in total.